The highest BCUT2D eigenvalue weighted by Gasteiger charge is 2.34. The first kappa shape index (κ1) is 18.4. The summed E-state index contributed by atoms with van der Waals surface area (Å²) in [6.07, 6.45) is 1.81. The van der Waals surface area contributed by atoms with Crippen LogP contribution in [-0.2, 0) is 26.0 Å². The molecule has 1 aromatic rings. The van der Waals surface area contributed by atoms with Crippen LogP contribution in [0.4, 0.5) is 0 Å². The molecule has 0 aliphatic carbocycles. The normalized spacial score (nSPS) is 18.2. The second-order valence-corrected chi connectivity index (χ2v) is 8.88. The maximum absolute atomic E-state index is 12.1. The highest BCUT2D eigenvalue weighted by atomic mass is 32.2. The molecule has 132 valence electrons. The molecule has 0 radical (unpaired) electrons. The van der Waals surface area contributed by atoms with Crippen LogP contribution >= 0.6 is 0 Å². The quantitative estimate of drug-likeness (QED) is 0.764. The first-order valence-electron chi connectivity index (χ1n) is 7.96. The molecule has 2 rings (SSSR count). The number of amides is 2. The summed E-state index contributed by atoms with van der Waals surface area (Å²) in [5, 5.41) is 2.17. The van der Waals surface area contributed by atoms with Gasteiger partial charge in [0, 0.05) is 25.7 Å². The molecule has 24 heavy (non-hydrogen) atoms. The lowest BCUT2D eigenvalue weighted by molar-refractivity contribution is -0.129. The van der Waals surface area contributed by atoms with Crippen molar-refractivity contribution in [3.63, 3.8) is 0 Å². The van der Waals surface area contributed by atoms with Crippen LogP contribution in [0.2, 0.25) is 0 Å². The van der Waals surface area contributed by atoms with Gasteiger partial charge in [0.05, 0.1) is 29.2 Å². The Morgan fingerprint density at radius 2 is 2.17 bits per heavy atom. The van der Waals surface area contributed by atoms with Crippen LogP contribution in [0.25, 0.3) is 0 Å². The molecule has 1 atom stereocenters. The molecule has 1 aliphatic heterocycles. The minimum Gasteiger partial charge on any atom is -0.355 e. The van der Waals surface area contributed by atoms with E-state index in [0.717, 1.165) is 5.69 Å². The highest BCUT2D eigenvalue weighted by molar-refractivity contribution is 7.92. The number of pyridine rings is 1. The van der Waals surface area contributed by atoms with Gasteiger partial charge >= 0.3 is 0 Å². The standard InChI is InChI=1S/C16H23N3O4S/c1-12(2)24(22,23)8-7-18-16(21)13-9-15(20)19(10-13)11-14-5-3-4-6-17-14/h3-6,12-13H,7-11H2,1-2H3,(H,18,21). The molecule has 1 aromatic heterocycles. The van der Waals surface area contributed by atoms with Crippen molar-refractivity contribution in [3.8, 4) is 0 Å². The van der Waals surface area contributed by atoms with Crippen molar-refractivity contribution < 1.29 is 18.0 Å². The van der Waals surface area contributed by atoms with Crippen LogP contribution in [0.1, 0.15) is 26.0 Å². The zero-order valence-corrected chi connectivity index (χ0v) is 14.8. The van der Waals surface area contributed by atoms with Gasteiger partial charge in [-0.3, -0.25) is 14.6 Å². The summed E-state index contributed by atoms with van der Waals surface area (Å²) in [4.78, 5) is 30.0. The number of rotatable bonds is 7. The number of nitrogens with one attached hydrogen (secondary N) is 1. The molecule has 8 heteroatoms. The van der Waals surface area contributed by atoms with Gasteiger partial charge in [-0.05, 0) is 26.0 Å². The monoisotopic (exact) mass is 353 g/mol. The fraction of sp³-hybridized carbons (Fsp3) is 0.562. The van der Waals surface area contributed by atoms with Crippen molar-refractivity contribution in [2.75, 3.05) is 18.8 Å². The largest absolute Gasteiger partial charge is 0.355 e. The molecule has 1 N–H and O–H groups in total. The third-order valence-electron chi connectivity index (χ3n) is 4.07. The van der Waals surface area contributed by atoms with Crippen LogP contribution < -0.4 is 5.32 Å². The van der Waals surface area contributed by atoms with Gasteiger partial charge in [-0.15, -0.1) is 0 Å². The van der Waals surface area contributed by atoms with E-state index in [9.17, 15) is 18.0 Å². The fourth-order valence-corrected chi connectivity index (χ4v) is 3.34. The van der Waals surface area contributed by atoms with Gasteiger partial charge in [0.1, 0.15) is 0 Å². The Morgan fingerprint density at radius 1 is 1.42 bits per heavy atom. The summed E-state index contributed by atoms with van der Waals surface area (Å²) in [7, 11) is -3.18. The Hall–Kier alpha value is -1.96. The average molecular weight is 353 g/mol. The van der Waals surface area contributed by atoms with Gasteiger partial charge in [-0.25, -0.2) is 8.42 Å². The molecule has 1 saturated heterocycles. The molecule has 1 unspecified atom stereocenters. The van der Waals surface area contributed by atoms with Crippen LogP contribution in [0, 0.1) is 5.92 Å². The van der Waals surface area contributed by atoms with E-state index in [0.29, 0.717) is 13.1 Å². The molecule has 0 bridgehead atoms. The van der Waals surface area contributed by atoms with Crippen molar-refractivity contribution in [2.45, 2.75) is 32.1 Å². The average Bonchev–Trinajstić information content (AvgIpc) is 2.89. The number of nitrogens with zero attached hydrogens (tertiary/aromatic N) is 2. The number of hydrogen-bond donors (Lipinski definition) is 1. The van der Waals surface area contributed by atoms with E-state index in [2.05, 4.69) is 10.3 Å². The first-order chi connectivity index (χ1) is 11.3. The number of likely N-dealkylation sites (tertiary alicyclic amines) is 1. The summed E-state index contributed by atoms with van der Waals surface area (Å²) in [5.41, 5.74) is 0.773. The summed E-state index contributed by atoms with van der Waals surface area (Å²) in [6.45, 7) is 4.01. The van der Waals surface area contributed by atoms with Crippen molar-refractivity contribution in [1.29, 1.82) is 0 Å². The zero-order valence-electron chi connectivity index (χ0n) is 13.9. The van der Waals surface area contributed by atoms with Crippen molar-refractivity contribution in [1.82, 2.24) is 15.2 Å². The maximum atomic E-state index is 12.1. The Balaban J connectivity index is 1.83. The van der Waals surface area contributed by atoms with E-state index in [4.69, 9.17) is 0 Å². The van der Waals surface area contributed by atoms with E-state index in [1.165, 1.54) is 0 Å². The highest BCUT2D eigenvalue weighted by Crippen LogP contribution is 2.19. The van der Waals surface area contributed by atoms with Gasteiger partial charge in [-0.2, -0.15) is 0 Å². The number of hydrogen-bond acceptors (Lipinski definition) is 5. The lowest BCUT2D eigenvalue weighted by Gasteiger charge is -2.16. The Morgan fingerprint density at radius 3 is 2.79 bits per heavy atom. The van der Waals surface area contributed by atoms with E-state index in [-0.39, 0.29) is 30.5 Å². The van der Waals surface area contributed by atoms with Crippen molar-refractivity contribution >= 4 is 21.7 Å². The van der Waals surface area contributed by atoms with Crippen molar-refractivity contribution in [3.05, 3.63) is 30.1 Å². The Labute approximate surface area is 142 Å². The number of carbonyl (C=O) groups is 2. The second-order valence-electron chi connectivity index (χ2n) is 6.20. The smallest absolute Gasteiger partial charge is 0.225 e. The van der Waals surface area contributed by atoms with Gasteiger partial charge < -0.3 is 10.2 Å². The molecular formula is C16H23N3O4S. The molecule has 1 fully saturated rings. The van der Waals surface area contributed by atoms with Crippen LogP contribution in [0.3, 0.4) is 0 Å². The number of sulfone groups is 1. The van der Waals surface area contributed by atoms with Gasteiger partial charge in [-0.1, -0.05) is 6.07 Å². The van der Waals surface area contributed by atoms with Crippen LogP contribution in [0.5, 0.6) is 0 Å². The predicted molar refractivity (Wildman–Crippen MR) is 89.7 cm³/mol. The van der Waals surface area contributed by atoms with E-state index >= 15 is 0 Å². The predicted octanol–water partition coefficient (Wildman–Crippen LogP) is 0.370. The van der Waals surface area contributed by atoms with E-state index < -0.39 is 21.0 Å². The Kier molecular flexibility index (Phi) is 5.93. The lowest BCUT2D eigenvalue weighted by atomic mass is 10.1. The molecule has 7 nitrogen and oxygen atoms in total. The molecular weight excluding hydrogens is 330 g/mol. The maximum Gasteiger partial charge on any atom is 0.225 e. The summed E-state index contributed by atoms with van der Waals surface area (Å²) < 4.78 is 23.4. The van der Waals surface area contributed by atoms with E-state index in [1.807, 2.05) is 12.1 Å². The molecule has 0 aromatic carbocycles. The second kappa shape index (κ2) is 7.74. The lowest BCUT2D eigenvalue weighted by Crippen LogP contribution is -2.36. The SMILES string of the molecule is CC(C)S(=O)(=O)CCNC(=O)C1CC(=O)N(Cc2ccccn2)C1. The summed E-state index contributed by atoms with van der Waals surface area (Å²) in [5.74, 6) is -0.890. The third kappa shape index (κ3) is 4.77. The molecule has 0 spiro atoms. The van der Waals surface area contributed by atoms with Gasteiger partial charge in [0.25, 0.3) is 0 Å². The van der Waals surface area contributed by atoms with Gasteiger partial charge in [0.2, 0.25) is 11.8 Å². The minimum atomic E-state index is -3.18. The third-order valence-corrected chi connectivity index (χ3v) is 6.28. The van der Waals surface area contributed by atoms with Gasteiger partial charge in [0.15, 0.2) is 9.84 Å². The molecule has 0 saturated carbocycles. The minimum absolute atomic E-state index is 0.0737. The van der Waals surface area contributed by atoms with Crippen LogP contribution in [-0.4, -0.2) is 54.2 Å². The molecule has 2 amide bonds. The topological polar surface area (TPSA) is 96.4 Å². The van der Waals surface area contributed by atoms with Crippen LogP contribution in [0.15, 0.2) is 24.4 Å². The molecule has 2 heterocycles. The first-order valence-corrected chi connectivity index (χ1v) is 9.68. The van der Waals surface area contributed by atoms with Crippen molar-refractivity contribution in [2.24, 2.45) is 5.92 Å². The fourth-order valence-electron chi connectivity index (χ4n) is 2.48. The number of carbonyl (C=O) groups excluding carboxylic acids is 2. The Bertz CT molecular complexity index is 689. The summed E-state index contributed by atoms with van der Waals surface area (Å²) >= 11 is 0. The molecule has 1 aliphatic rings. The zero-order chi connectivity index (χ0) is 17.7. The van der Waals surface area contributed by atoms with E-state index in [1.54, 1.807) is 31.0 Å². The number of aromatic nitrogens is 1. The summed E-state index contributed by atoms with van der Waals surface area (Å²) in [6, 6.07) is 5.48.